The third kappa shape index (κ3) is 4.89. The third-order valence-corrected chi connectivity index (χ3v) is 1.79. The van der Waals surface area contributed by atoms with Crippen LogP contribution in [0.2, 0.25) is 0 Å². The number of rotatable bonds is 0. The van der Waals surface area contributed by atoms with Gasteiger partial charge >= 0.3 is 5.56 Å². The number of nitrogens with one attached hydrogen (secondary N) is 2. The number of hydrogen-bond donors (Lipinski definition) is 1. The molecule has 2 rings (SSSR count). The molecule has 0 spiro atoms. The molecule has 17 heavy (non-hydrogen) atoms. The molecule has 0 aliphatic carbocycles. The van der Waals surface area contributed by atoms with Crippen LogP contribution in [0.15, 0.2) is 29.1 Å². The molecule has 0 saturated carbocycles. The van der Waals surface area contributed by atoms with Gasteiger partial charge in [-0.2, -0.15) is 0 Å². The highest BCUT2D eigenvalue weighted by atomic mass is 35.7. The fourth-order valence-corrected chi connectivity index (χ4v) is 1.26. The summed E-state index contributed by atoms with van der Waals surface area (Å²) < 4.78 is 34.0. The van der Waals surface area contributed by atoms with Crippen molar-refractivity contribution in [2.45, 2.75) is 6.92 Å². The average Bonchev–Trinajstić information content (AvgIpc) is 2.14. The molecule has 0 amide bonds. The highest BCUT2D eigenvalue weighted by molar-refractivity contribution is 5.73. The zero-order valence-electron chi connectivity index (χ0n) is 8.73. The minimum absolute atomic E-state index is 0.0400. The van der Waals surface area contributed by atoms with Gasteiger partial charge < -0.3 is 0 Å². The maximum atomic E-state index is 11.3. The molecular formula is C9H9ClN2O5. The number of para-hydroxylation sites is 1. The van der Waals surface area contributed by atoms with Crippen LogP contribution in [-0.2, 0) is 0 Å². The molecule has 1 heterocycles. The first-order valence-corrected chi connectivity index (χ1v) is 5.63. The van der Waals surface area contributed by atoms with Gasteiger partial charge in [-0.25, -0.2) is 33.4 Å². The second-order valence-electron chi connectivity index (χ2n) is 3.13. The molecule has 0 aliphatic rings. The van der Waals surface area contributed by atoms with E-state index in [-0.39, 0.29) is 5.56 Å². The van der Waals surface area contributed by atoms with Crippen molar-refractivity contribution >= 4 is 10.9 Å². The molecule has 2 aromatic rings. The molecule has 0 atom stereocenters. The van der Waals surface area contributed by atoms with Crippen molar-refractivity contribution < 1.29 is 33.9 Å². The molecule has 0 fully saturated rings. The second kappa shape index (κ2) is 5.21. The highest BCUT2D eigenvalue weighted by Gasteiger charge is 2.03. The number of aryl methyl sites for hydroxylation is 1. The maximum Gasteiger partial charge on any atom is 0.343 e. The first-order chi connectivity index (χ1) is 7.77. The van der Waals surface area contributed by atoms with E-state index in [1.807, 2.05) is 25.1 Å². The van der Waals surface area contributed by atoms with Crippen molar-refractivity contribution in [1.82, 2.24) is 4.98 Å². The van der Waals surface area contributed by atoms with E-state index in [1.54, 1.807) is 6.07 Å². The molecule has 0 saturated heterocycles. The van der Waals surface area contributed by atoms with E-state index < -0.39 is 10.2 Å². The van der Waals surface area contributed by atoms with Crippen molar-refractivity contribution in [3.63, 3.8) is 0 Å². The molecule has 0 unspecified atom stereocenters. The highest BCUT2D eigenvalue weighted by Crippen LogP contribution is 2.00. The van der Waals surface area contributed by atoms with Gasteiger partial charge in [0.05, 0.1) is 0 Å². The number of aromatic amines is 2. The molecule has 92 valence electrons. The standard InChI is InChI=1S/C9H8N2O.ClHO4/c1-6-10-8-5-3-2-4-7(8)9(12)11-6;2-1(3,4)5/h2-5H,1H3,(H,10,11,12);(H,2,3,4,5). The van der Waals surface area contributed by atoms with Gasteiger partial charge in [0.2, 0.25) is 0 Å². The molecule has 0 bridgehead atoms. The van der Waals surface area contributed by atoms with Crippen LogP contribution in [-0.4, -0.2) is 4.98 Å². The zero-order valence-corrected chi connectivity index (χ0v) is 9.48. The largest absolute Gasteiger partial charge is 0.343 e. The topological polar surface area (TPSA) is 139 Å². The van der Waals surface area contributed by atoms with Crippen LogP contribution in [0.25, 0.3) is 10.9 Å². The Morgan fingerprint density at radius 1 is 1.18 bits per heavy atom. The minimum atomic E-state index is -4.94. The van der Waals surface area contributed by atoms with Crippen molar-refractivity contribution in [3.8, 4) is 0 Å². The van der Waals surface area contributed by atoms with Crippen molar-refractivity contribution in [2.75, 3.05) is 0 Å². The van der Waals surface area contributed by atoms with Crippen LogP contribution in [0.3, 0.4) is 0 Å². The third-order valence-electron chi connectivity index (χ3n) is 1.79. The van der Waals surface area contributed by atoms with Gasteiger partial charge in [0, 0.05) is 6.92 Å². The molecule has 2 N–H and O–H groups in total. The van der Waals surface area contributed by atoms with E-state index in [0.717, 1.165) is 11.3 Å². The van der Waals surface area contributed by atoms with E-state index in [0.29, 0.717) is 5.39 Å². The van der Waals surface area contributed by atoms with Gasteiger partial charge in [-0.3, -0.25) is 0 Å². The lowest BCUT2D eigenvalue weighted by atomic mass is 10.2. The first kappa shape index (κ1) is 13.6. The summed E-state index contributed by atoms with van der Waals surface area (Å²) in [4.78, 5) is 17.1. The van der Waals surface area contributed by atoms with E-state index in [9.17, 15) is 4.79 Å². The fraction of sp³-hybridized carbons (Fsp3) is 0.111. The number of hydrogen-bond acceptors (Lipinski definition) is 5. The summed E-state index contributed by atoms with van der Waals surface area (Å²) in [7, 11) is -4.94. The van der Waals surface area contributed by atoms with Crippen LogP contribution < -0.4 is 29.2 Å². The lowest BCUT2D eigenvalue weighted by molar-refractivity contribution is -2.00. The summed E-state index contributed by atoms with van der Waals surface area (Å²) in [5, 5.41) is 0.697. The number of aromatic nitrogens is 2. The summed E-state index contributed by atoms with van der Waals surface area (Å²) >= 11 is 0. The number of halogens is 1. The van der Waals surface area contributed by atoms with Crippen molar-refractivity contribution in [1.29, 1.82) is 0 Å². The van der Waals surface area contributed by atoms with Crippen LogP contribution in [0.5, 0.6) is 0 Å². The number of H-pyrrole nitrogens is 2. The van der Waals surface area contributed by atoms with Crippen molar-refractivity contribution in [2.24, 2.45) is 0 Å². The number of benzene rings is 1. The van der Waals surface area contributed by atoms with Crippen molar-refractivity contribution in [3.05, 3.63) is 40.4 Å². The Balaban J connectivity index is 0.000000249. The monoisotopic (exact) mass is 260 g/mol. The summed E-state index contributed by atoms with van der Waals surface area (Å²) in [5.41, 5.74) is 0.834. The summed E-state index contributed by atoms with van der Waals surface area (Å²) in [6.07, 6.45) is 0. The van der Waals surface area contributed by atoms with E-state index in [2.05, 4.69) is 9.97 Å². The average molecular weight is 261 g/mol. The van der Waals surface area contributed by atoms with E-state index in [1.165, 1.54) is 0 Å². The Hall–Kier alpha value is -1.51. The van der Waals surface area contributed by atoms with Crippen LogP contribution in [0.1, 0.15) is 5.82 Å². The Morgan fingerprint density at radius 3 is 2.29 bits per heavy atom. The predicted molar refractivity (Wildman–Crippen MR) is 45.9 cm³/mol. The van der Waals surface area contributed by atoms with Gasteiger partial charge in [-0.15, -0.1) is 10.2 Å². The minimum Gasteiger partial charge on any atom is -0.244 e. The molecule has 7 nitrogen and oxygen atoms in total. The van der Waals surface area contributed by atoms with Gasteiger partial charge in [0.15, 0.2) is 0 Å². The summed E-state index contributed by atoms with van der Waals surface area (Å²) in [5.74, 6) is 0.777. The summed E-state index contributed by atoms with van der Waals surface area (Å²) in [6, 6.07) is 7.43. The maximum absolute atomic E-state index is 11.3. The van der Waals surface area contributed by atoms with Gasteiger partial charge in [-0.1, -0.05) is 12.1 Å². The molecule has 0 aliphatic heterocycles. The predicted octanol–water partition coefficient (Wildman–Crippen LogP) is -4.11. The first-order valence-electron chi connectivity index (χ1n) is 4.40. The Kier molecular flexibility index (Phi) is 4.16. The number of fused-ring (bicyclic) bond motifs is 1. The summed E-state index contributed by atoms with van der Waals surface area (Å²) in [6.45, 7) is 1.83. The SMILES string of the molecule is Cc1[nH]c(=O)c2ccccc2[nH+]1.[O-][Cl+3]([O-])([O-])[O-]. The smallest absolute Gasteiger partial charge is 0.244 e. The fourth-order valence-electron chi connectivity index (χ4n) is 1.26. The molecule has 0 radical (unpaired) electrons. The van der Waals surface area contributed by atoms with E-state index >= 15 is 0 Å². The van der Waals surface area contributed by atoms with Gasteiger partial charge in [-0.05, 0) is 12.1 Å². The molecule has 8 heteroatoms. The lowest BCUT2D eigenvalue weighted by Crippen LogP contribution is -2.68. The van der Waals surface area contributed by atoms with Crippen LogP contribution in [0.4, 0.5) is 0 Å². The van der Waals surface area contributed by atoms with Gasteiger partial charge in [0.1, 0.15) is 10.9 Å². The van der Waals surface area contributed by atoms with Crippen LogP contribution >= 0.6 is 0 Å². The van der Waals surface area contributed by atoms with Crippen LogP contribution in [0, 0.1) is 17.2 Å². The Labute approximate surface area is 97.7 Å². The quantitative estimate of drug-likeness (QED) is 0.513. The molecule has 1 aromatic heterocycles. The van der Waals surface area contributed by atoms with E-state index in [4.69, 9.17) is 18.6 Å². The normalized spacial score (nSPS) is 10.9. The second-order valence-corrected chi connectivity index (χ2v) is 3.88. The Morgan fingerprint density at radius 2 is 1.71 bits per heavy atom. The zero-order chi connectivity index (χ0) is 13.1. The lowest BCUT2D eigenvalue weighted by Gasteiger charge is -2.17. The molecular weight excluding hydrogens is 252 g/mol. The molecule has 1 aromatic carbocycles. The Bertz CT molecular complexity index is 557. The van der Waals surface area contributed by atoms with Gasteiger partial charge in [0.25, 0.3) is 5.82 Å².